The second-order valence-corrected chi connectivity index (χ2v) is 9.98. The molecule has 0 aliphatic carbocycles. The van der Waals surface area contributed by atoms with E-state index in [0.29, 0.717) is 17.3 Å². The summed E-state index contributed by atoms with van der Waals surface area (Å²) in [6.07, 6.45) is 1.56. The molecule has 4 nitrogen and oxygen atoms in total. The minimum Gasteiger partial charge on any atom is -0.487 e. The van der Waals surface area contributed by atoms with Crippen molar-refractivity contribution < 1.29 is 9.53 Å². The second-order valence-electron chi connectivity index (χ2n) is 6.33. The maximum absolute atomic E-state index is 12.5. The van der Waals surface area contributed by atoms with Gasteiger partial charge in [-0.3, -0.25) is 4.79 Å². The molecule has 0 saturated heterocycles. The first-order chi connectivity index (χ1) is 14.9. The Kier molecular flexibility index (Phi) is 8.77. The molecule has 3 aromatic carbocycles. The summed E-state index contributed by atoms with van der Waals surface area (Å²) in [5, 5.41) is 12.9. The lowest BCUT2D eigenvalue weighted by atomic mass is 10.1. The Morgan fingerprint density at radius 2 is 1.84 bits per heavy atom. The van der Waals surface area contributed by atoms with E-state index < -0.39 is 5.91 Å². The molecule has 0 radical (unpaired) electrons. The van der Waals surface area contributed by atoms with Crippen LogP contribution in [0.4, 0.5) is 5.69 Å². The summed E-state index contributed by atoms with van der Waals surface area (Å²) in [4.78, 5) is 12.5. The van der Waals surface area contributed by atoms with Gasteiger partial charge in [0.2, 0.25) is 0 Å². The van der Waals surface area contributed by atoms with Crippen LogP contribution in [0, 0.1) is 18.5 Å². The number of carbonyl (C=O) groups is 1. The predicted molar refractivity (Wildman–Crippen MR) is 144 cm³/mol. The molecule has 0 bridgehead atoms. The van der Waals surface area contributed by atoms with Gasteiger partial charge in [-0.25, -0.2) is 0 Å². The van der Waals surface area contributed by atoms with Gasteiger partial charge in [-0.15, -0.1) is 0 Å². The number of nitriles is 1. The van der Waals surface area contributed by atoms with E-state index in [1.165, 1.54) is 0 Å². The van der Waals surface area contributed by atoms with E-state index in [0.717, 1.165) is 28.5 Å². The zero-order valence-corrected chi connectivity index (χ0v) is 22.5. The molecule has 0 fully saturated rings. The molecule has 3 aromatic rings. The lowest BCUT2D eigenvalue weighted by Gasteiger charge is -2.12. The molecule has 156 valence electrons. The number of hydrogen-bond acceptors (Lipinski definition) is 3. The van der Waals surface area contributed by atoms with Gasteiger partial charge < -0.3 is 10.1 Å². The highest BCUT2D eigenvalue weighted by molar-refractivity contribution is 14.1. The van der Waals surface area contributed by atoms with E-state index in [1.54, 1.807) is 18.2 Å². The minimum absolute atomic E-state index is 0.0105. The summed E-state index contributed by atoms with van der Waals surface area (Å²) in [5.41, 5.74) is 2.25. The predicted octanol–water partition coefficient (Wildman–Crippen LogP) is 7.44. The Hall–Kier alpha value is -1.61. The summed E-state index contributed by atoms with van der Waals surface area (Å²) in [7, 11) is 0. The van der Waals surface area contributed by atoms with Crippen molar-refractivity contribution in [2.24, 2.45) is 0 Å². The molecule has 0 atom stereocenters. The monoisotopic (exact) mass is 718 g/mol. The molecule has 0 aliphatic heterocycles. The van der Waals surface area contributed by atoms with Crippen molar-refractivity contribution in [3.05, 3.63) is 94.0 Å². The van der Waals surface area contributed by atoms with Gasteiger partial charge >= 0.3 is 0 Å². The fourth-order valence-corrected chi connectivity index (χ4v) is 5.36. The fourth-order valence-electron chi connectivity index (χ4n) is 2.65. The first-order valence-electron chi connectivity index (χ1n) is 8.91. The SMILES string of the molecule is N#C/C(=C/c1cc(I)c(OCc2ccccc2Cl)c(I)c1)C(=O)Nc1cccc(Br)c1. The number of nitrogens with one attached hydrogen (secondary N) is 1. The van der Waals surface area contributed by atoms with E-state index in [9.17, 15) is 10.1 Å². The standard InChI is InChI=1S/C23H14BrClI2N2O2/c24-17-5-3-6-18(11-17)29-23(30)16(12-28)8-14-9-20(26)22(21(27)10-14)31-13-15-4-1-2-7-19(15)25/h1-11H,13H2,(H,29,30)/b16-8-. The van der Waals surface area contributed by atoms with Crippen LogP contribution >= 0.6 is 72.7 Å². The first-order valence-corrected chi connectivity index (χ1v) is 12.2. The molecule has 0 aromatic heterocycles. The molecule has 1 N–H and O–H groups in total. The average Bonchev–Trinajstić information content (AvgIpc) is 2.72. The molecule has 31 heavy (non-hydrogen) atoms. The average molecular weight is 720 g/mol. The normalized spacial score (nSPS) is 11.0. The molecule has 0 spiro atoms. The van der Waals surface area contributed by atoms with E-state index in [-0.39, 0.29) is 5.57 Å². The number of benzene rings is 3. The van der Waals surface area contributed by atoms with Crippen LogP contribution in [-0.2, 0) is 11.4 Å². The Morgan fingerprint density at radius 3 is 2.48 bits per heavy atom. The third-order valence-electron chi connectivity index (χ3n) is 4.11. The van der Waals surface area contributed by atoms with Crippen LogP contribution in [0.25, 0.3) is 6.08 Å². The number of rotatable bonds is 6. The van der Waals surface area contributed by atoms with E-state index in [2.05, 4.69) is 66.4 Å². The Labute approximate surface area is 221 Å². The van der Waals surface area contributed by atoms with Gasteiger partial charge in [0.15, 0.2) is 0 Å². The van der Waals surface area contributed by atoms with Crippen LogP contribution in [0.2, 0.25) is 5.02 Å². The van der Waals surface area contributed by atoms with Crippen molar-refractivity contribution in [1.82, 2.24) is 0 Å². The second kappa shape index (κ2) is 11.3. The highest BCUT2D eigenvalue weighted by Crippen LogP contribution is 2.31. The van der Waals surface area contributed by atoms with E-state index in [1.807, 2.05) is 54.6 Å². The number of amides is 1. The Morgan fingerprint density at radius 1 is 1.13 bits per heavy atom. The molecule has 8 heteroatoms. The Balaban J connectivity index is 1.78. The largest absolute Gasteiger partial charge is 0.487 e. The molecular formula is C23H14BrClI2N2O2. The smallest absolute Gasteiger partial charge is 0.266 e. The molecule has 0 unspecified atom stereocenters. The van der Waals surface area contributed by atoms with Gasteiger partial charge in [-0.1, -0.05) is 51.8 Å². The van der Waals surface area contributed by atoms with E-state index >= 15 is 0 Å². The molecule has 0 aliphatic rings. The molecule has 3 rings (SSSR count). The summed E-state index contributed by atoms with van der Waals surface area (Å²) < 4.78 is 8.56. The third-order valence-corrected chi connectivity index (χ3v) is 6.57. The van der Waals surface area contributed by atoms with Gasteiger partial charge in [-0.2, -0.15) is 5.26 Å². The molecule has 1 amide bonds. The zero-order chi connectivity index (χ0) is 22.4. The van der Waals surface area contributed by atoms with Gasteiger partial charge in [0.1, 0.15) is 24.0 Å². The topological polar surface area (TPSA) is 62.1 Å². The van der Waals surface area contributed by atoms with E-state index in [4.69, 9.17) is 16.3 Å². The number of anilines is 1. The van der Waals surface area contributed by atoms with Gasteiger partial charge in [0.25, 0.3) is 5.91 Å². The van der Waals surface area contributed by atoms with Gasteiger partial charge in [-0.05, 0) is 93.2 Å². The quantitative estimate of drug-likeness (QED) is 0.164. The van der Waals surface area contributed by atoms with Crippen LogP contribution in [0.3, 0.4) is 0 Å². The van der Waals surface area contributed by atoms with Crippen molar-refractivity contribution in [2.75, 3.05) is 5.32 Å². The Bertz CT molecular complexity index is 1190. The molecule has 0 heterocycles. The van der Waals surface area contributed by atoms with Gasteiger partial charge in [0, 0.05) is 20.7 Å². The van der Waals surface area contributed by atoms with Crippen LogP contribution in [-0.4, -0.2) is 5.91 Å². The van der Waals surface area contributed by atoms with Crippen LogP contribution < -0.4 is 10.1 Å². The minimum atomic E-state index is -0.468. The lowest BCUT2D eigenvalue weighted by molar-refractivity contribution is -0.112. The van der Waals surface area contributed by atoms with Crippen LogP contribution in [0.1, 0.15) is 11.1 Å². The summed E-state index contributed by atoms with van der Waals surface area (Å²) in [6, 6.07) is 20.4. The lowest BCUT2D eigenvalue weighted by Crippen LogP contribution is -2.13. The first kappa shape index (κ1) is 24.0. The summed E-state index contributed by atoms with van der Waals surface area (Å²) in [5.74, 6) is 0.264. The van der Waals surface area contributed by atoms with Crippen molar-refractivity contribution in [2.45, 2.75) is 6.61 Å². The summed E-state index contributed by atoms with van der Waals surface area (Å²) >= 11 is 13.9. The van der Waals surface area contributed by atoms with Crippen molar-refractivity contribution in [1.29, 1.82) is 5.26 Å². The highest BCUT2D eigenvalue weighted by Gasteiger charge is 2.13. The number of carbonyl (C=O) groups excluding carboxylic acids is 1. The van der Waals surface area contributed by atoms with Crippen molar-refractivity contribution >= 4 is 90.4 Å². The molecular weight excluding hydrogens is 705 g/mol. The third kappa shape index (κ3) is 6.68. The number of ether oxygens (including phenoxy) is 1. The van der Waals surface area contributed by atoms with Crippen LogP contribution in [0.15, 0.2) is 70.7 Å². The maximum Gasteiger partial charge on any atom is 0.266 e. The van der Waals surface area contributed by atoms with Crippen molar-refractivity contribution in [3.8, 4) is 11.8 Å². The summed E-state index contributed by atoms with van der Waals surface area (Å²) in [6.45, 7) is 0.347. The number of hydrogen-bond donors (Lipinski definition) is 1. The molecule has 0 saturated carbocycles. The fraction of sp³-hybridized carbons (Fsp3) is 0.0435. The number of nitrogens with zero attached hydrogens (tertiary/aromatic N) is 1. The maximum atomic E-state index is 12.5. The van der Waals surface area contributed by atoms with Crippen molar-refractivity contribution in [3.63, 3.8) is 0 Å². The number of halogens is 4. The highest BCUT2D eigenvalue weighted by atomic mass is 127. The van der Waals surface area contributed by atoms with Gasteiger partial charge in [0.05, 0.1) is 7.14 Å². The van der Waals surface area contributed by atoms with Crippen LogP contribution in [0.5, 0.6) is 5.75 Å². The zero-order valence-electron chi connectivity index (χ0n) is 15.8.